The number of piperazine rings is 1. The molecule has 1 heterocycles. The van der Waals surface area contributed by atoms with Crippen LogP contribution in [0.1, 0.15) is 27.2 Å². The van der Waals surface area contributed by atoms with Gasteiger partial charge < -0.3 is 15.0 Å². The smallest absolute Gasteiger partial charge is 0.306 e. The quantitative estimate of drug-likeness (QED) is 0.725. The maximum absolute atomic E-state index is 11.8. The van der Waals surface area contributed by atoms with Gasteiger partial charge in [0.15, 0.2) is 0 Å². The molecule has 1 fully saturated rings. The van der Waals surface area contributed by atoms with Gasteiger partial charge in [-0.3, -0.25) is 14.5 Å². The Balaban J connectivity index is 2.22. The Kier molecular flexibility index (Phi) is 6.42. The van der Waals surface area contributed by atoms with Gasteiger partial charge in [0.1, 0.15) is 0 Å². The van der Waals surface area contributed by atoms with E-state index in [4.69, 9.17) is 0 Å². The molecule has 0 aromatic heterocycles. The van der Waals surface area contributed by atoms with Crippen LogP contribution in [0.15, 0.2) is 0 Å². The zero-order valence-corrected chi connectivity index (χ0v) is 13.1. The average molecular weight is 285 g/mol. The lowest BCUT2D eigenvalue weighted by atomic mass is 10.1. The third-order valence-electron chi connectivity index (χ3n) is 3.21. The summed E-state index contributed by atoms with van der Waals surface area (Å²) in [5.74, 6) is -0.0995. The Morgan fingerprint density at radius 1 is 1.10 bits per heavy atom. The second-order valence-electron chi connectivity index (χ2n) is 6.24. The number of hydrogen-bond acceptors (Lipinski definition) is 5. The summed E-state index contributed by atoms with van der Waals surface area (Å²) in [5, 5.41) is 2.97. The molecular weight excluding hydrogens is 258 g/mol. The number of carbonyl (C=O) groups excluding carboxylic acids is 2. The highest BCUT2D eigenvalue weighted by Gasteiger charge is 2.21. The Morgan fingerprint density at radius 3 is 2.15 bits per heavy atom. The van der Waals surface area contributed by atoms with Crippen LogP contribution >= 0.6 is 0 Å². The molecule has 0 bridgehead atoms. The lowest BCUT2D eigenvalue weighted by Crippen LogP contribution is -2.51. The van der Waals surface area contributed by atoms with Gasteiger partial charge in [0.2, 0.25) is 5.91 Å². The molecule has 0 saturated carbocycles. The molecule has 1 aliphatic heterocycles. The summed E-state index contributed by atoms with van der Waals surface area (Å²) in [6.07, 6.45) is 0.432. The van der Waals surface area contributed by atoms with Crippen molar-refractivity contribution in [1.82, 2.24) is 15.1 Å². The fourth-order valence-electron chi connectivity index (χ4n) is 2.18. The first-order chi connectivity index (χ1) is 9.30. The molecule has 1 aliphatic rings. The number of nitrogens with one attached hydrogen (secondary N) is 1. The van der Waals surface area contributed by atoms with Crippen LogP contribution in [-0.4, -0.2) is 73.6 Å². The predicted molar refractivity (Wildman–Crippen MR) is 77.4 cm³/mol. The Hall–Kier alpha value is -1.14. The standard InChI is InChI=1S/C14H27N3O3/c1-14(2,3)15-12(18)11-17-9-7-16(8-10-17)6-5-13(19)20-4/h5-11H2,1-4H3,(H,15,18). The van der Waals surface area contributed by atoms with Gasteiger partial charge in [-0.25, -0.2) is 0 Å². The van der Waals surface area contributed by atoms with Gasteiger partial charge >= 0.3 is 5.97 Å². The molecule has 0 unspecified atom stereocenters. The Labute approximate surface area is 121 Å². The van der Waals surface area contributed by atoms with Crippen molar-refractivity contribution in [3.8, 4) is 0 Å². The summed E-state index contributed by atoms with van der Waals surface area (Å²) in [4.78, 5) is 27.3. The minimum Gasteiger partial charge on any atom is -0.469 e. The van der Waals surface area contributed by atoms with Crippen LogP contribution in [-0.2, 0) is 14.3 Å². The third kappa shape index (κ3) is 6.86. The summed E-state index contributed by atoms with van der Waals surface area (Å²) >= 11 is 0. The van der Waals surface area contributed by atoms with Crippen molar-refractivity contribution < 1.29 is 14.3 Å². The van der Waals surface area contributed by atoms with Crippen molar-refractivity contribution in [2.45, 2.75) is 32.7 Å². The molecule has 0 radical (unpaired) electrons. The minimum atomic E-state index is -0.181. The average Bonchev–Trinajstić information content (AvgIpc) is 2.35. The molecule has 1 saturated heterocycles. The largest absolute Gasteiger partial charge is 0.469 e. The van der Waals surface area contributed by atoms with E-state index >= 15 is 0 Å². The summed E-state index contributed by atoms with van der Waals surface area (Å²) in [6.45, 7) is 10.6. The van der Waals surface area contributed by atoms with Crippen LogP contribution in [0.5, 0.6) is 0 Å². The SMILES string of the molecule is COC(=O)CCN1CCN(CC(=O)NC(C)(C)C)CC1. The lowest BCUT2D eigenvalue weighted by molar-refractivity contribution is -0.141. The molecule has 1 N–H and O–H groups in total. The fourth-order valence-corrected chi connectivity index (χ4v) is 2.18. The highest BCUT2D eigenvalue weighted by Crippen LogP contribution is 2.04. The number of hydrogen-bond donors (Lipinski definition) is 1. The molecular formula is C14H27N3O3. The molecule has 1 amide bonds. The number of nitrogens with zero attached hydrogens (tertiary/aromatic N) is 2. The van der Waals surface area contributed by atoms with E-state index in [2.05, 4.69) is 19.9 Å². The van der Waals surface area contributed by atoms with Crippen molar-refractivity contribution in [2.24, 2.45) is 0 Å². The summed E-state index contributed by atoms with van der Waals surface area (Å²) in [7, 11) is 1.41. The van der Waals surface area contributed by atoms with Gasteiger partial charge in [-0.15, -0.1) is 0 Å². The molecule has 6 heteroatoms. The van der Waals surface area contributed by atoms with Gasteiger partial charge in [-0.2, -0.15) is 0 Å². The van der Waals surface area contributed by atoms with Crippen molar-refractivity contribution in [3.63, 3.8) is 0 Å². The number of carbonyl (C=O) groups is 2. The molecule has 0 atom stereocenters. The molecule has 0 aromatic carbocycles. The van der Waals surface area contributed by atoms with Gasteiger partial charge in [0.05, 0.1) is 20.1 Å². The number of rotatable bonds is 5. The first kappa shape index (κ1) is 16.9. The highest BCUT2D eigenvalue weighted by atomic mass is 16.5. The summed E-state index contributed by atoms with van der Waals surface area (Å²) < 4.78 is 4.63. The molecule has 6 nitrogen and oxygen atoms in total. The third-order valence-corrected chi connectivity index (χ3v) is 3.21. The van der Waals surface area contributed by atoms with Gasteiger partial charge in [0, 0.05) is 38.3 Å². The van der Waals surface area contributed by atoms with Gasteiger partial charge in [0.25, 0.3) is 0 Å². The van der Waals surface area contributed by atoms with Crippen molar-refractivity contribution in [1.29, 1.82) is 0 Å². The molecule has 0 aliphatic carbocycles. The van der Waals surface area contributed by atoms with E-state index in [9.17, 15) is 9.59 Å². The monoisotopic (exact) mass is 285 g/mol. The normalized spacial score (nSPS) is 17.8. The van der Waals surface area contributed by atoms with Crippen LogP contribution in [0, 0.1) is 0 Å². The van der Waals surface area contributed by atoms with Crippen LogP contribution in [0.3, 0.4) is 0 Å². The van der Waals surface area contributed by atoms with E-state index in [0.717, 1.165) is 32.7 Å². The van der Waals surface area contributed by atoms with E-state index in [0.29, 0.717) is 13.0 Å². The van der Waals surface area contributed by atoms with Gasteiger partial charge in [-0.05, 0) is 20.8 Å². The maximum atomic E-state index is 11.8. The van der Waals surface area contributed by atoms with Crippen molar-refractivity contribution >= 4 is 11.9 Å². The van der Waals surface area contributed by atoms with E-state index in [1.165, 1.54) is 7.11 Å². The van der Waals surface area contributed by atoms with Crippen molar-refractivity contribution in [2.75, 3.05) is 46.4 Å². The first-order valence-corrected chi connectivity index (χ1v) is 7.13. The summed E-state index contributed by atoms with van der Waals surface area (Å²) in [6, 6.07) is 0. The highest BCUT2D eigenvalue weighted by molar-refractivity contribution is 5.78. The zero-order chi connectivity index (χ0) is 15.2. The topological polar surface area (TPSA) is 61.9 Å². The maximum Gasteiger partial charge on any atom is 0.306 e. The number of amides is 1. The van der Waals surface area contributed by atoms with Crippen LogP contribution in [0.2, 0.25) is 0 Å². The predicted octanol–water partition coefficient (Wildman–Crippen LogP) is 0.0818. The Bertz CT molecular complexity index is 331. The molecule has 20 heavy (non-hydrogen) atoms. The second-order valence-corrected chi connectivity index (χ2v) is 6.24. The second kappa shape index (κ2) is 7.59. The number of methoxy groups -OCH3 is 1. The van der Waals surface area contributed by atoms with E-state index in [1.807, 2.05) is 20.8 Å². The number of ether oxygens (including phenoxy) is 1. The summed E-state index contributed by atoms with van der Waals surface area (Å²) in [5.41, 5.74) is -0.181. The fraction of sp³-hybridized carbons (Fsp3) is 0.857. The number of esters is 1. The first-order valence-electron chi connectivity index (χ1n) is 7.13. The molecule has 116 valence electrons. The minimum absolute atomic E-state index is 0.0699. The lowest BCUT2D eigenvalue weighted by Gasteiger charge is -2.34. The Morgan fingerprint density at radius 2 is 1.65 bits per heavy atom. The van der Waals surface area contributed by atoms with Crippen LogP contribution < -0.4 is 5.32 Å². The van der Waals surface area contributed by atoms with Crippen LogP contribution in [0.4, 0.5) is 0 Å². The van der Waals surface area contributed by atoms with E-state index in [-0.39, 0.29) is 17.4 Å². The zero-order valence-electron chi connectivity index (χ0n) is 13.1. The van der Waals surface area contributed by atoms with Gasteiger partial charge in [-0.1, -0.05) is 0 Å². The van der Waals surface area contributed by atoms with Crippen molar-refractivity contribution in [3.05, 3.63) is 0 Å². The van der Waals surface area contributed by atoms with E-state index in [1.54, 1.807) is 0 Å². The molecule has 0 spiro atoms. The molecule has 1 rings (SSSR count). The van der Waals surface area contributed by atoms with E-state index < -0.39 is 0 Å². The molecule has 0 aromatic rings. The van der Waals surface area contributed by atoms with Crippen LogP contribution in [0.25, 0.3) is 0 Å².